The van der Waals surface area contributed by atoms with Crippen molar-refractivity contribution >= 4 is 40.4 Å². The molecule has 6 rings (SSSR count). The average Bonchev–Trinajstić information content (AvgIpc) is 3.58. The Bertz CT molecular complexity index is 1240. The molecule has 0 bridgehead atoms. The third-order valence-electron chi connectivity index (χ3n) is 7.03. The molecule has 1 aromatic carbocycles. The maximum atomic E-state index is 7.01. The van der Waals surface area contributed by atoms with E-state index in [1.54, 1.807) is 10.7 Å². The predicted octanol–water partition coefficient (Wildman–Crippen LogP) is 1.97. The van der Waals surface area contributed by atoms with E-state index in [2.05, 4.69) is 37.0 Å². The number of rotatable bonds is 9. The fourth-order valence-corrected chi connectivity index (χ4v) is 5.14. The van der Waals surface area contributed by atoms with Crippen LogP contribution < -0.4 is 32.3 Å². The molecule has 0 amide bonds. The van der Waals surface area contributed by atoms with Gasteiger partial charge in [-0.15, -0.1) is 5.10 Å². The number of benzene rings is 1. The first-order valence-corrected chi connectivity index (χ1v) is 13.1. The van der Waals surface area contributed by atoms with E-state index in [1.165, 1.54) is 0 Å². The molecule has 192 valence electrons. The largest absolute Gasteiger partial charge is 0.378 e. The zero-order valence-corrected chi connectivity index (χ0v) is 21.0. The summed E-state index contributed by atoms with van der Waals surface area (Å²) in [6.45, 7) is 4.14. The van der Waals surface area contributed by atoms with E-state index < -0.39 is 0 Å². The number of anilines is 4. The lowest BCUT2D eigenvalue weighted by Crippen LogP contribution is -2.55. The monoisotopic (exact) mass is 512 g/mol. The zero-order valence-electron chi connectivity index (χ0n) is 20.2. The van der Waals surface area contributed by atoms with Crippen LogP contribution in [0.5, 0.6) is 0 Å². The molecule has 1 saturated carbocycles. The van der Waals surface area contributed by atoms with Crippen molar-refractivity contribution in [1.82, 2.24) is 24.9 Å². The lowest BCUT2D eigenvalue weighted by molar-refractivity contribution is -0.0106. The second-order valence-corrected chi connectivity index (χ2v) is 10.3. The van der Waals surface area contributed by atoms with Crippen molar-refractivity contribution in [2.24, 2.45) is 11.5 Å². The molecule has 0 radical (unpaired) electrons. The standard InChI is InChI=1S/C24H33ClN10O/c25-21-19(31-24-32-22(30-15-3-4-15)23-28-10-18(9-27)35(23)33-24)6-14(8-26)7-20(21)34-5-1-2-16(11-34)29-17-12-36-13-17/h6-7,10,15-17,29H,1-5,8-9,11-13,26-27H2,(H2,30,31,32,33)/t16-/m1/s1. The Kier molecular flexibility index (Phi) is 6.57. The summed E-state index contributed by atoms with van der Waals surface area (Å²) in [5.74, 6) is 1.11. The third-order valence-corrected chi connectivity index (χ3v) is 7.42. The highest BCUT2D eigenvalue weighted by atomic mass is 35.5. The number of aromatic nitrogens is 4. The lowest BCUT2D eigenvalue weighted by atomic mass is 10.0. The van der Waals surface area contributed by atoms with Gasteiger partial charge in [0.15, 0.2) is 11.5 Å². The van der Waals surface area contributed by atoms with Crippen LogP contribution in [0, 0.1) is 0 Å². The van der Waals surface area contributed by atoms with E-state index in [0.29, 0.717) is 53.7 Å². The van der Waals surface area contributed by atoms with E-state index in [0.717, 1.165) is 74.6 Å². The first-order chi connectivity index (χ1) is 17.6. The molecule has 7 N–H and O–H groups in total. The van der Waals surface area contributed by atoms with Gasteiger partial charge in [-0.3, -0.25) is 0 Å². The van der Waals surface area contributed by atoms with Crippen LogP contribution in [-0.2, 0) is 17.8 Å². The summed E-state index contributed by atoms with van der Waals surface area (Å²) in [6, 6.07) is 5.33. The Morgan fingerprint density at radius 1 is 1.08 bits per heavy atom. The van der Waals surface area contributed by atoms with Crippen molar-refractivity contribution in [2.45, 2.75) is 56.9 Å². The van der Waals surface area contributed by atoms with Gasteiger partial charge in [-0.05, 0) is 43.4 Å². The van der Waals surface area contributed by atoms with E-state index in [-0.39, 0.29) is 0 Å². The van der Waals surface area contributed by atoms with Gasteiger partial charge in [-0.2, -0.15) is 4.98 Å². The van der Waals surface area contributed by atoms with Crippen LogP contribution in [0.1, 0.15) is 36.9 Å². The van der Waals surface area contributed by atoms with E-state index in [9.17, 15) is 0 Å². The Morgan fingerprint density at radius 3 is 2.67 bits per heavy atom. The van der Waals surface area contributed by atoms with Gasteiger partial charge in [-0.1, -0.05) is 11.6 Å². The summed E-state index contributed by atoms with van der Waals surface area (Å²) in [6.07, 6.45) is 6.22. The number of halogens is 1. The van der Waals surface area contributed by atoms with Crippen LogP contribution >= 0.6 is 11.6 Å². The van der Waals surface area contributed by atoms with Crippen LogP contribution in [0.15, 0.2) is 18.3 Å². The molecule has 12 heteroatoms. The van der Waals surface area contributed by atoms with Crippen molar-refractivity contribution in [2.75, 3.05) is 41.8 Å². The normalized spacial score (nSPS) is 20.5. The smallest absolute Gasteiger partial charge is 0.247 e. The SMILES string of the molecule is NCc1cc(Nc2nc(NC3CC3)c3ncc(CN)n3n2)c(Cl)c(N2CCC[C@@H](NC3COC3)C2)c1. The van der Waals surface area contributed by atoms with Gasteiger partial charge in [0.25, 0.3) is 0 Å². The highest BCUT2D eigenvalue weighted by Crippen LogP contribution is 2.37. The number of piperidine rings is 1. The van der Waals surface area contributed by atoms with Gasteiger partial charge in [0, 0.05) is 38.3 Å². The molecule has 0 spiro atoms. The second kappa shape index (κ2) is 9.98. The Labute approximate surface area is 214 Å². The van der Waals surface area contributed by atoms with Crippen molar-refractivity contribution in [1.29, 1.82) is 0 Å². The van der Waals surface area contributed by atoms with Crippen LogP contribution in [0.3, 0.4) is 0 Å². The fraction of sp³-hybridized carbons (Fsp3) is 0.542. The van der Waals surface area contributed by atoms with Crippen molar-refractivity contribution in [3.8, 4) is 0 Å². The van der Waals surface area contributed by atoms with E-state index in [1.807, 2.05) is 6.07 Å². The molecule has 1 aliphatic carbocycles. The number of hydrogen-bond acceptors (Lipinski definition) is 10. The van der Waals surface area contributed by atoms with Gasteiger partial charge >= 0.3 is 0 Å². The van der Waals surface area contributed by atoms with Crippen molar-refractivity contribution < 1.29 is 4.74 Å². The third kappa shape index (κ3) is 4.81. The number of ether oxygens (including phenoxy) is 1. The molecular formula is C24H33ClN10O. The summed E-state index contributed by atoms with van der Waals surface area (Å²) in [5.41, 5.74) is 16.2. The summed E-state index contributed by atoms with van der Waals surface area (Å²) < 4.78 is 7.07. The molecule has 3 aromatic rings. The number of nitrogens with zero attached hydrogens (tertiary/aromatic N) is 5. The fourth-order valence-electron chi connectivity index (χ4n) is 4.86. The van der Waals surface area contributed by atoms with Gasteiger partial charge in [0.1, 0.15) is 0 Å². The van der Waals surface area contributed by atoms with Gasteiger partial charge < -0.3 is 37.1 Å². The summed E-state index contributed by atoms with van der Waals surface area (Å²) in [7, 11) is 0. The predicted molar refractivity (Wildman–Crippen MR) is 141 cm³/mol. The number of nitrogens with two attached hydrogens (primary N) is 2. The highest BCUT2D eigenvalue weighted by molar-refractivity contribution is 6.36. The quantitative estimate of drug-likeness (QED) is 0.288. The molecule has 2 saturated heterocycles. The van der Waals surface area contributed by atoms with Gasteiger partial charge in [-0.25, -0.2) is 9.50 Å². The molecule has 4 heterocycles. The highest BCUT2D eigenvalue weighted by Gasteiger charge is 2.28. The minimum Gasteiger partial charge on any atom is -0.378 e. The Hall–Kier alpha value is -2.70. The molecule has 2 aromatic heterocycles. The van der Waals surface area contributed by atoms with Crippen LogP contribution in [0.2, 0.25) is 5.02 Å². The topological polar surface area (TPSA) is 144 Å². The Balaban J connectivity index is 1.30. The maximum absolute atomic E-state index is 7.01. The molecule has 3 fully saturated rings. The first kappa shape index (κ1) is 23.7. The van der Waals surface area contributed by atoms with E-state index >= 15 is 0 Å². The van der Waals surface area contributed by atoms with Crippen molar-refractivity contribution in [3.63, 3.8) is 0 Å². The average molecular weight is 513 g/mol. The number of fused-ring (bicyclic) bond motifs is 1. The molecule has 0 unspecified atom stereocenters. The summed E-state index contributed by atoms with van der Waals surface area (Å²) >= 11 is 7.01. The molecular weight excluding hydrogens is 480 g/mol. The molecule has 3 aliphatic rings. The molecule has 11 nitrogen and oxygen atoms in total. The van der Waals surface area contributed by atoms with Gasteiger partial charge in [0.2, 0.25) is 5.95 Å². The molecule has 1 atom stereocenters. The van der Waals surface area contributed by atoms with Crippen molar-refractivity contribution in [3.05, 3.63) is 34.6 Å². The van der Waals surface area contributed by atoms with Crippen LogP contribution in [0.4, 0.5) is 23.1 Å². The summed E-state index contributed by atoms with van der Waals surface area (Å²) in [4.78, 5) is 11.6. The minimum absolute atomic E-state index is 0.325. The minimum atomic E-state index is 0.325. The zero-order chi connectivity index (χ0) is 24.6. The first-order valence-electron chi connectivity index (χ1n) is 12.7. The number of imidazole rings is 1. The van der Waals surface area contributed by atoms with E-state index in [4.69, 9.17) is 32.8 Å². The summed E-state index contributed by atoms with van der Waals surface area (Å²) in [5, 5.41) is 15.8. The second-order valence-electron chi connectivity index (χ2n) is 9.88. The van der Waals surface area contributed by atoms with Crippen LogP contribution in [-0.4, -0.2) is 64.0 Å². The maximum Gasteiger partial charge on any atom is 0.247 e. The lowest BCUT2D eigenvalue weighted by Gasteiger charge is -2.39. The number of hydrogen-bond donors (Lipinski definition) is 5. The van der Waals surface area contributed by atoms with Crippen LogP contribution in [0.25, 0.3) is 5.65 Å². The number of nitrogens with one attached hydrogen (secondary N) is 3. The molecule has 36 heavy (non-hydrogen) atoms. The molecule has 2 aliphatic heterocycles. The Morgan fingerprint density at radius 2 is 1.94 bits per heavy atom. The van der Waals surface area contributed by atoms with Gasteiger partial charge in [0.05, 0.1) is 47.5 Å².